The number of anilines is 2. The molecule has 0 bridgehead atoms. The smallest absolute Gasteiger partial charge is 0.227 e. The van der Waals surface area contributed by atoms with E-state index in [4.69, 9.17) is 18.0 Å². The summed E-state index contributed by atoms with van der Waals surface area (Å²) < 4.78 is 1.11. The lowest BCUT2D eigenvalue weighted by molar-refractivity contribution is 1.15. The van der Waals surface area contributed by atoms with Gasteiger partial charge < -0.3 is 11.1 Å². The van der Waals surface area contributed by atoms with Gasteiger partial charge >= 0.3 is 0 Å². The SMILES string of the molecule is NC(=S)c1ccnc(Nc2ccc3ncsc3c2)n1. The van der Waals surface area contributed by atoms with Crippen molar-refractivity contribution < 1.29 is 0 Å². The number of nitrogens with one attached hydrogen (secondary N) is 1. The maximum atomic E-state index is 5.54. The summed E-state index contributed by atoms with van der Waals surface area (Å²) in [6.07, 6.45) is 1.62. The van der Waals surface area contributed by atoms with Crippen molar-refractivity contribution in [1.82, 2.24) is 15.0 Å². The van der Waals surface area contributed by atoms with Gasteiger partial charge in [0.05, 0.1) is 15.7 Å². The van der Waals surface area contributed by atoms with Crippen molar-refractivity contribution in [2.24, 2.45) is 5.73 Å². The first-order valence-electron chi connectivity index (χ1n) is 5.45. The van der Waals surface area contributed by atoms with Crippen LogP contribution in [0.2, 0.25) is 0 Å². The van der Waals surface area contributed by atoms with Gasteiger partial charge in [-0.1, -0.05) is 12.2 Å². The molecule has 3 rings (SSSR count). The third-order valence-corrected chi connectivity index (χ3v) is 3.50. The lowest BCUT2D eigenvalue weighted by Gasteiger charge is -2.05. The van der Waals surface area contributed by atoms with Crippen LogP contribution in [-0.2, 0) is 0 Å². The first kappa shape index (κ1) is 11.9. The highest BCUT2D eigenvalue weighted by Crippen LogP contribution is 2.23. The van der Waals surface area contributed by atoms with Gasteiger partial charge in [-0.3, -0.25) is 0 Å². The summed E-state index contributed by atoms with van der Waals surface area (Å²) in [5.74, 6) is 0.467. The van der Waals surface area contributed by atoms with Gasteiger partial charge in [0.15, 0.2) is 0 Å². The zero-order chi connectivity index (χ0) is 13.2. The number of hydrogen-bond acceptors (Lipinski definition) is 6. The van der Waals surface area contributed by atoms with E-state index in [9.17, 15) is 0 Å². The van der Waals surface area contributed by atoms with E-state index < -0.39 is 0 Å². The average Bonchev–Trinajstić information content (AvgIpc) is 2.86. The number of fused-ring (bicyclic) bond motifs is 1. The van der Waals surface area contributed by atoms with E-state index in [1.54, 1.807) is 23.6 Å². The lowest BCUT2D eigenvalue weighted by atomic mass is 10.3. The second kappa shape index (κ2) is 4.87. The Labute approximate surface area is 118 Å². The molecule has 0 amide bonds. The van der Waals surface area contributed by atoms with E-state index in [0.717, 1.165) is 15.9 Å². The maximum Gasteiger partial charge on any atom is 0.227 e. The fourth-order valence-electron chi connectivity index (χ4n) is 1.62. The molecule has 5 nitrogen and oxygen atoms in total. The third kappa shape index (κ3) is 2.51. The molecule has 0 spiro atoms. The molecule has 0 radical (unpaired) electrons. The van der Waals surface area contributed by atoms with Crippen molar-refractivity contribution in [2.75, 3.05) is 5.32 Å². The van der Waals surface area contributed by atoms with Crippen molar-refractivity contribution in [3.63, 3.8) is 0 Å². The van der Waals surface area contributed by atoms with E-state index in [2.05, 4.69) is 20.3 Å². The molecule has 0 aliphatic rings. The minimum atomic E-state index is 0.253. The van der Waals surface area contributed by atoms with Crippen LogP contribution < -0.4 is 11.1 Å². The molecule has 0 saturated carbocycles. The zero-order valence-electron chi connectivity index (χ0n) is 9.70. The Bertz CT molecular complexity index is 752. The number of thiazole rings is 1. The molecule has 19 heavy (non-hydrogen) atoms. The minimum absolute atomic E-state index is 0.253. The standard InChI is InChI=1S/C12H9N5S2/c13-11(18)9-3-4-14-12(17-9)16-7-1-2-8-10(5-7)19-6-15-8/h1-6H,(H2,13,18)(H,14,16,17). The van der Waals surface area contributed by atoms with Gasteiger partial charge in [-0.2, -0.15) is 0 Å². The summed E-state index contributed by atoms with van der Waals surface area (Å²) >= 11 is 6.48. The molecule has 3 N–H and O–H groups in total. The Hall–Kier alpha value is -2.12. The van der Waals surface area contributed by atoms with E-state index >= 15 is 0 Å². The summed E-state index contributed by atoms with van der Waals surface area (Å²) in [6, 6.07) is 7.56. The van der Waals surface area contributed by atoms with E-state index in [1.165, 1.54) is 0 Å². The average molecular weight is 287 g/mol. The highest BCUT2D eigenvalue weighted by Gasteiger charge is 2.03. The van der Waals surface area contributed by atoms with Crippen LogP contribution in [0.5, 0.6) is 0 Å². The first-order chi connectivity index (χ1) is 9.22. The molecule has 2 aromatic heterocycles. The Morgan fingerprint density at radius 3 is 3.00 bits per heavy atom. The minimum Gasteiger partial charge on any atom is -0.388 e. The van der Waals surface area contributed by atoms with E-state index in [1.807, 2.05) is 23.7 Å². The maximum absolute atomic E-state index is 5.54. The summed E-state index contributed by atoms with van der Waals surface area (Å²) in [7, 11) is 0. The van der Waals surface area contributed by atoms with Gasteiger partial charge in [0, 0.05) is 11.9 Å². The monoisotopic (exact) mass is 287 g/mol. The Kier molecular flexibility index (Phi) is 3.06. The molecule has 0 atom stereocenters. The number of aromatic nitrogens is 3. The Morgan fingerprint density at radius 1 is 1.26 bits per heavy atom. The first-order valence-corrected chi connectivity index (χ1v) is 6.74. The van der Waals surface area contributed by atoms with Gasteiger partial charge in [0.2, 0.25) is 5.95 Å². The molecule has 1 aromatic carbocycles. The molecular formula is C12H9N5S2. The molecule has 3 aromatic rings. The van der Waals surface area contributed by atoms with Crippen LogP contribution in [0.15, 0.2) is 36.0 Å². The van der Waals surface area contributed by atoms with Gasteiger partial charge in [-0.15, -0.1) is 11.3 Å². The number of benzene rings is 1. The Balaban J connectivity index is 1.91. The summed E-state index contributed by atoms with van der Waals surface area (Å²) in [5, 5.41) is 3.12. The van der Waals surface area contributed by atoms with Crippen LogP contribution in [0.25, 0.3) is 10.2 Å². The molecule has 0 saturated heterocycles. The topological polar surface area (TPSA) is 76.7 Å². The Morgan fingerprint density at radius 2 is 2.16 bits per heavy atom. The van der Waals surface area contributed by atoms with Crippen molar-refractivity contribution in [3.8, 4) is 0 Å². The number of rotatable bonds is 3. The van der Waals surface area contributed by atoms with Crippen LogP contribution in [0.4, 0.5) is 11.6 Å². The van der Waals surface area contributed by atoms with Crippen molar-refractivity contribution in [3.05, 3.63) is 41.7 Å². The number of hydrogen-bond donors (Lipinski definition) is 2. The predicted octanol–water partition coefficient (Wildman–Crippen LogP) is 2.46. The van der Waals surface area contributed by atoms with Gasteiger partial charge in [0.25, 0.3) is 0 Å². The molecule has 2 heterocycles. The van der Waals surface area contributed by atoms with Crippen molar-refractivity contribution >= 4 is 50.4 Å². The van der Waals surface area contributed by atoms with Crippen molar-refractivity contribution in [2.45, 2.75) is 0 Å². The number of nitrogens with two attached hydrogens (primary N) is 1. The highest BCUT2D eigenvalue weighted by atomic mass is 32.1. The number of thiocarbonyl (C=S) groups is 1. The normalized spacial score (nSPS) is 10.5. The largest absolute Gasteiger partial charge is 0.388 e. The van der Waals surface area contributed by atoms with Gasteiger partial charge in [-0.05, 0) is 24.3 Å². The zero-order valence-corrected chi connectivity index (χ0v) is 11.3. The van der Waals surface area contributed by atoms with Crippen molar-refractivity contribution in [1.29, 1.82) is 0 Å². The van der Waals surface area contributed by atoms with Crippen LogP contribution in [0.1, 0.15) is 5.69 Å². The van der Waals surface area contributed by atoms with Crippen LogP contribution in [0, 0.1) is 0 Å². The second-order valence-electron chi connectivity index (χ2n) is 3.79. The fourth-order valence-corrected chi connectivity index (χ4v) is 2.45. The van der Waals surface area contributed by atoms with Crippen LogP contribution in [0.3, 0.4) is 0 Å². The van der Waals surface area contributed by atoms with Crippen LogP contribution >= 0.6 is 23.6 Å². The van der Waals surface area contributed by atoms with E-state index in [-0.39, 0.29) is 4.99 Å². The second-order valence-corrected chi connectivity index (χ2v) is 5.12. The fraction of sp³-hybridized carbons (Fsp3) is 0. The summed E-state index contributed by atoms with van der Waals surface area (Å²) in [4.78, 5) is 12.9. The van der Waals surface area contributed by atoms with Gasteiger partial charge in [-0.25, -0.2) is 15.0 Å². The molecular weight excluding hydrogens is 278 g/mol. The van der Waals surface area contributed by atoms with Gasteiger partial charge in [0.1, 0.15) is 10.7 Å². The lowest BCUT2D eigenvalue weighted by Crippen LogP contribution is -2.12. The molecule has 94 valence electrons. The predicted molar refractivity (Wildman–Crippen MR) is 80.8 cm³/mol. The summed E-state index contributed by atoms with van der Waals surface area (Å²) in [5.41, 5.74) is 9.79. The van der Waals surface area contributed by atoms with Crippen LogP contribution in [-0.4, -0.2) is 19.9 Å². The third-order valence-electron chi connectivity index (χ3n) is 2.50. The molecule has 7 heteroatoms. The molecule has 0 aliphatic heterocycles. The quantitative estimate of drug-likeness (QED) is 0.721. The van der Waals surface area contributed by atoms with E-state index in [0.29, 0.717) is 11.6 Å². The molecule has 0 aliphatic carbocycles. The summed E-state index contributed by atoms with van der Waals surface area (Å²) in [6.45, 7) is 0. The highest BCUT2D eigenvalue weighted by molar-refractivity contribution is 7.80. The molecule has 0 fully saturated rings. The molecule has 0 unspecified atom stereocenters. The number of nitrogens with zero attached hydrogens (tertiary/aromatic N) is 3.